The number of anilines is 1. The maximum absolute atomic E-state index is 11.8. The number of cyclic esters (lactones) is 1. The number of nitrogens with zero attached hydrogens (tertiary/aromatic N) is 3. The van der Waals surface area contributed by atoms with Crippen LogP contribution in [-0.2, 0) is 14.6 Å². The molecule has 3 heterocycles. The highest BCUT2D eigenvalue weighted by molar-refractivity contribution is 7.91. The van der Waals surface area contributed by atoms with Crippen molar-refractivity contribution < 1.29 is 22.5 Å². The summed E-state index contributed by atoms with van der Waals surface area (Å²) in [5.41, 5.74) is -1.09. The highest BCUT2D eigenvalue weighted by Gasteiger charge is 2.45. The number of carbonyl (C=O) groups is 1. The molecule has 2 saturated heterocycles. The van der Waals surface area contributed by atoms with Crippen LogP contribution in [0.15, 0.2) is 9.32 Å². The first-order chi connectivity index (χ1) is 11.8. The standard InChI is InChI=1S/C14H22N4O6S/c1-17-10(11(23-14(17)20)25(2,21)22)4-3-9-5-7-18(8-6-9)12-15-13(19)24-16-12/h9-11H,3-8H2,1-2H3,(H,15,16,19). The Hall–Kier alpha value is -2.04. The topological polar surface area (TPSA) is 126 Å². The number of aromatic amines is 1. The molecule has 0 saturated carbocycles. The van der Waals surface area contributed by atoms with Gasteiger partial charge >= 0.3 is 11.8 Å². The molecule has 1 aromatic heterocycles. The van der Waals surface area contributed by atoms with Crippen LogP contribution in [0.3, 0.4) is 0 Å². The molecule has 1 amide bonds. The zero-order valence-corrected chi connectivity index (χ0v) is 15.0. The van der Waals surface area contributed by atoms with E-state index in [1.807, 2.05) is 4.90 Å². The Labute approximate surface area is 145 Å². The van der Waals surface area contributed by atoms with Gasteiger partial charge in [-0.3, -0.25) is 9.51 Å². The molecule has 10 nitrogen and oxygen atoms in total. The molecule has 2 aliphatic rings. The summed E-state index contributed by atoms with van der Waals surface area (Å²) in [5.74, 6) is 0.284. The van der Waals surface area contributed by atoms with E-state index in [2.05, 4.69) is 14.7 Å². The summed E-state index contributed by atoms with van der Waals surface area (Å²) in [5, 5.41) is 3.68. The molecule has 25 heavy (non-hydrogen) atoms. The van der Waals surface area contributed by atoms with Crippen LogP contribution in [0.25, 0.3) is 0 Å². The number of hydrogen-bond donors (Lipinski definition) is 1. The summed E-state index contributed by atoms with van der Waals surface area (Å²) in [6.07, 6.45) is 3.67. The van der Waals surface area contributed by atoms with Crippen molar-refractivity contribution in [1.82, 2.24) is 15.0 Å². The molecule has 2 atom stereocenters. The van der Waals surface area contributed by atoms with Crippen LogP contribution in [0.4, 0.5) is 10.7 Å². The molecule has 140 valence electrons. The second kappa shape index (κ2) is 6.70. The molecular weight excluding hydrogens is 352 g/mol. The minimum absolute atomic E-state index is 0.416. The van der Waals surface area contributed by atoms with Crippen molar-refractivity contribution in [3.05, 3.63) is 10.6 Å². The van der Waals surface area contributed by atoms with Crippen molar-refractivity contribution in [2.24, 2.45) is 5.92 Å². The SMILES string of the molecule is CN1C(=O)OC(S(C)(=O)=O)C1CCC1CCN(c2noc(=O)[nH]2)CC1. The number of hydrogen-bond acceptors (Lipinski definition) is 8. The van der Waals surface area contributed by atoms with Gasteiger partial charge in [-0.05, 0) is 36.8 Å². The summed E-state index contributed by atoms with van der Waals surface area (Å²) in [6, 6.07) is -0.451. The predicted octanol–water partition coefficient (Wildman–Crippen LogP) is 0.181. The lowest BCUT2D eigenvalue weighted by Gasteiger charge is -2.32. The minimum Gasteiger partial charge on any atom is -0.427 e. The van der Waals surface area contributed by atoms with Gasteiger partial charge in [0, 0.05) is 26.4 Å². The van der Waals surface area contributed by atoms with Crippen molar-refractivity contribution in [3.8, 4) is 0 Å². The molecule has 2 aliphatic heterocycles. The molecule has 0 bridgehead atoms. The second-order valence-corrected chi connectivity index (χ2v) is 8.81. The van der Waals surface area contributed by atoms with Crippen molar-refractivity contribution in [1.29, 1.82) is 0 Å². The summed E-state index contributed by atoms with van der Waals surface area (Å²) < 4.78 is 33.2. The van der Waals surface area contributed by atoms with Crippen molar-refractivity contribution >= 4 is 21.9 Å². The van der Waals surface area contributed by atoms with Crippen LogP contribution in [-0.4, -0.2) is 67.4 Å². The first kappa shape index (κ1) is 17.8. The largest absolute Gasteiger partial charge is 0.440 e. The number of ether oxygens (including phenoxy) is 1. The molecule has 1 aromatic rings. The molecule has 0 radical (unpaired) electrons. The van der Waals surface area contributed by atoms with E-state index in [0.29, 0.717) is 18.3 Å². The van der Waals surface area contributed by atoms with Gasteiger partial charge in [-0.25, -0.2) is 18.0 Å². The smallest absolute Gasteiger partial charge is 0.427 e. The lowest BCUT2D eigenvalue weighted by Crippen LogP contribution is -2.39. The molecule has 1 N–H and O–H groups in total. The summed E-state index contributed by atoms with van der Waals surface area (Å²) in [4.78, 5) is 28.6. The summed E-state index contributed by atoms with van der Waals surface area (Å²) >= 11 is 0. The third-order valence-electron chi connectivity index (χ3n) is 4.95. The zero-order chi connectivity index (χ0) is 18.2. The monoisotopic (exact) mass is 374 g/mol. The molecular formula is C14H22N4O6S. The van der Waals surface area contributed by atoms with E-state index in [-0.39, 0.29) is 0 Å². The molecule has 11 heteroatoms. The summed E-state index contributed by atoms with van der Waals surface area (Å²) in [7, 11) is -1.89. The molecule has 2 fully saturated rings. The predicted molar refractivity (Wildman–Crippen MR) is 88.0 cm³/mol. The molecule has 2 unspecified atom stereocenters. The van der Waals surface area contributed by atoms with Gasteiger partial charge in [0.15, 0.2) is 9.84 Å². The normalized spacial score (nSPS) is 25.4. The van der Waals surface area contributed by atoms with Crippen LogP contribution >= 0.6 is 0 Å². The fourth-order valence-electron chi connectivity index (χ4n) is 3.48. The Balaban J connectivity index is 1.54. The maximum atomic E-state index is 11.8. The van der Waals surface area contributed by atoms with E-state index in [4.69, 9.17) is 4.74 Å². The number of carbonyl (C=O) groups excluding carboxylic acids is 1. The van der Waals surface area contributed by atoms with Crippen molar-refractivity contribution in [3.63, 3.8) is 0 Å². The minimum atomic E-state index is -3.46. The third-order valence-corrected chi connectivity index (χ3v) is 6.21. The first-order valence-electron chi connectivity index (χ1n) is 8.19. The second-order valence-electron chi connectivity index (χ2n) is 6.69. The van der Waals surface area contributed by atoms with E-state index in [9.17, 15) is 18.0 Å². The lowest BCUT2D eigenvalue weighted by molar-refractivity contribution is 0.155. The Morgan fingerprint density at radius 1 is 1.24 bits per heavy atom. The average molecular weight is 374 g/mol. The Bertz CT molecular complexity index is 779. The maximum Gasteiger partial charge on any atom is 0.440 e. The lowest BCUT2D eigenvalue weighted by atomic mass is 9.90. The van der Waals surface area contributed by atoms with Crippen LogP contribution in [0.5, 0.6) is 0 Å². The number of nitrogens with one attached hydrogen (secondary N) is 1. The van der Waals surface area contributed by atoms with E-state index >= 15 is 0 Å². The van der Waals surface area contributed by atoms with Gasteiger partial charge in [-0.2, -0.15) is 0 Å². The van der Waals surface area contributed by atoms with Crippen LogP contribution in [0.2, 0.25) is 0 Å². The quantitative estimate of drug-likeness (QED) is 0.773. The van der Waals surface area contributed by atoms with Gasteiger partial charge in [-0.15, -0.1) is 0 Å². The van der Waals surface area contributed by atoms with Gasteiger partial charge in [-0.1, -0.05) is 0 Å². The van der Waals surface area contributed by atoms with Crippen LogP contribution in [0.1, 0.15) is 25.7 Å². The van der Waals surface area contributed by atoms with Crippen LogP contribution < -0.4 is 10.7 Å². The van der Waals surface area contributed by atoms with Gasteiger partial charge < -0.3 is 14.5 Å². The highest BCUT2D eigenvalue weighted by atomic mass is 32.2. The summed E-state index contributed by atoms with van der Waals surface area (Å²) in [6.45, 7) is 1.47. The highest BCUT2D eigenvalue weighted by Crippen LogP contribution is 2.30. The molecule has 0 aliphatic carbocycles. The first-order valence-corrected chi connectivity index (χ1v) is 10.1. The van der Waals surface area contributed by atoms with E-state index in [1.165, 1.54) is 4.90 Å². The van der Waals surface area contributed by atoms with E-state index in [0.717, 1.165) is 38.6 Å². The number of piperidine rings is 1. The van der Waals surface area contributed by atoms with Crippen molar-refractivity contribution in [2.75, 3.05) is 31.3 Å². The molecule has 0 aromatic carbocycles. The van der Waals surface area contributed by atoms with E-state index < -0.39 is 33.2 Å². The number of aromatic nitrogens is 2. The zero-order valence-electron chi connectivity index (χ0n) is 14.2. The number of sulfone groups is 1. The number of amides is 1. The number of likely N-dealkylation sites (N-methyl/N-ethyl adjacent to an activating group) is 1. The van der Waals surface area contributed by atoms with Gasteiger partial charge in [0.05, 0.1) is 6.04 Å². The van der Waals surface area contributed by atoms with Gasteiger partial charge in [0.25, 0.3) is 0 Å². The Kier molecular flexibility index (Phi) is 4.76. The fourth-order valence-corrected chi connectivity index (χ4v) is 4.63. The Morgan fingerprint density at radius 2 is 1.92 bits per heavy atom. The Morgan fingerprint density at radius 3 is 2.48 bits per heavy atom. The van der Waals surface area contributed by atoms with E-state index in [1.54, 1.807) is 7.05 Å². The van der Waals surface area contributed by atoms with Crippen LogP contribution in [0, 0.1) is 5.92 Å². The third kappa shape index (κ3) is 3.80. The average Bonchev–Trinajstić information content (AvgIpc) is 3.11. The molecule has 0 spiro atoms. The van der Waals surface area contributed by atoms with Gasteiger partial charge in [0.1, 0.15) is 0 Å². The number of H-pyrrole nitrogens is 1. The number of rotatable bonds is 5. The fraction of sp³-hybridized carbons (Fsp3) is 0.786. The van der Waals surface area contributed by atoms with Gasteiger partial charge in [0.2, 0.25) is 11.4 Å². The molecule has 3 rings (SSSR count). The van der Waals surface area contributed by atoms with Crippen molar-refractivity contribution in [2.45, 2.75) is 37.2 Å².